The third-order valence-corrected chi connectivity index (χ3v) is 16.2. The van der Waals surface area contributed by atoms with Gasteiger partial charge in [-0.15, -0.1) is 11.8 Å². The van der Waals surface area contributed by atoms with Crippen LogP contribution in [0.4, 0.5) is 0 Å². The number of nitrogens with zero attached hydrogens (tertiary/aromatic N) is 2. The number of aromatic hydroxyl groups is 1. The minimum absolute atomic E-state index is 0.00607. The summed E-state index contributed by atoms with van der Waals surface area (Å²) in [6.07, 6.45) is -3.00. The number of hydrogen-bond donors (Lipinski definition) is 19. The molecular weight excluding hydrogens is 1290 g/mol. The van der Waals surface area contributed by atoms with Crippen LogP contribution in [-0.2, 0) is 78.3 Å². The Labute approximate surface area is 565 Å². The molecule has 2 heterocycles. The number of aliphatic imine (C=N–C) groups is 1. The standard InChI is InChI=1S/C60H97N19O17S/c1-30(2)22-38-53(90)72-35(11-8-20-67-60(65)66)52(89)75-39(23-31(3)4)54(91)74-37(10-6-7-19-61)59(96)79-21-9-12-43(79)57(94)78-49(32(5)80)58(95)77-41(25-45(63)83)56(93)73-36(17-18-44(62)82)51(88)69-26-46(84)68-27-47(85)71-42(50(64)87)28-97-29-48(86)70-40(55(92)76-38)24-33-13-15-34(81)16-14-33/h13-16,30-32,35-43,49,80-81H,6-12,17-29,61H2,1-5H3,(H2,62,82)(H2,63,83)(H2,64,87)(H,68,84)(H,69,88)(H,70,86)(H,71,85)(H,72,90)(H,73,93)(H,74,91)(H,75,89)(H,76,92)(H,77,95)(H,78,94)(H4,65,66,67)/t32-,35+,36+,37+,38+,39+,40+,41+,42+,43+,49+/m1/s1. The average Bonchev–Trinajstić information content (AvgIpc) is 1.76. The van der Waals surface area contributed by atoms with Gasteiger partial charge in [-0.25, -0.2) is 0 Å². The molecule has 2 aliphatic rings. The van der Waals surface area contributed by atoms with Gasteiger partial charge in [-0.3, -0.25) is 76.9 Å². The number of benzene rings is 1. The van der Waals surface area contributed by atoms with Crippen molar-refractivity contribution in [3.8, 4) is 5.75 Å². The smallest absolute Gasteiger partial charge is 0.245 e. The zero-order chi connectivity index (χ0) is 72.6. The van der Waals surface area contributed by atoms with E-state index in [4.69, 9.17) is 34.4 Å². The van der Waals surface area contributed by atoms with Crippen molar-refractivity contribution in [2.45, 2.75) is 185 Å². The molecule has 15 amide bonds. The SMILES string of the molecule is CC(C)C[C@@H]1NC(=O)[C@H](Cc2ccc(O)cc2)NC(=O)CSC[C@@H](C(N)=O)NC(=O)CNC(=O)CNC(=O)[C@H](CCC(N)=O)NC(=O)[C@H](CC(N)=O)NC(=O)[C@H]([C@@H](C)O)NC(=O)[C@@H]2CCCN2C(=O)[C@H](CCCCN)NC(=O)[C@H](CC(C)C)NC(=O)[C@H](CCCN=C(N)N)NC1=O. The Kier molecular flexibility index (Phi) is 35.1. The van der Waals surface area contributed by atoms with E-state index in [1.54, 1.807) is 27.7 Å². The van der Waals surface area contributed by atoms with Crippen LogP contribution in [0, 0.1) is 11.8 Å². The highest BCUT2D eigenvalue weighted by molar-refractivity contribution is 8.00. The molecule has 2 saturated heterocycles. The molecule has 2 aliphatic heterocycles. The fourth-order valence-electron chi connectivity index (χ4n) is 10.2. The monoisotopic (exact) mass is 1390 g/mol. The van der Waals surface area contributed by atoms with Gasteiger partial charge in [-0.1, -0.05) is 39.8 Å². The van der Waals surface area contributed by atoms with Crippen LogP contribution in [0.3, 0.4) is 0 Å². The minimum Gasteiger partial charge on any atom is -0.508 e. The Balaban J connectivity index is 2.17. The number of nitrogens with one attached hydrogen (secondary N) is 11. The first-order valence-electron chi connectivity index (χ1n) is 31.9. The van der Waals surface area contributed by atoms with Crippen molar-refractivity contribution in [2.75, 3.05) is 44.2 Å². The Morgan fingerprint density at radius 2 is 1.11 bits per heavy atom. The molecule has 11 atom stereocenters. The molecule has 25 N–H and O–H groups in total. The Hall–Kier alpha value is -9.39. The van der Waals surface area contributed by atoms with E-state index < -0.39 is 193 Å². The maximum absolute atomic E-state index is 14.8. The average molecular weight is 1390 g/mol. The van der Waals surface area contributed by atoms with Gasteiger partial charge in [0.05, 0.1) is 31.4 Å². The van der Waals surface area contributed by atoms with Crippen molar-refractivity contribution >= 4 is 106 Å². The number of unbranched alkanes of at least 4 members (excludes halogenated alkanes) is 1. The van der Waals surface area contributed by atoms with Crippen molar-refractivity contribution in [2.24, 2.45) is 51.2 Å². The summed E-state index contributed by atoms with van der Waals surface area (Å²) in [7, 11) is 0. The number of phenols is 1. The van der Waals surface area contributed by atoms with Crippen LogP contribution in [0.15, 0.2) is 29.3 Å². The van der Waals surface area contributed by atoms with Crippen LogP contribution in [-0.4, -0.2) is 220 Å². The number of nitrogens with two attached hydrogens (primary N) is 6. The normalized spacial score (nSPS) is 24.6. The van der Waals surface area contributed by atoms with Crippen molar-refractivity contribution in [3.05, 3.63) is 29.8 Å². The topological polar surface area (TPSA) is 601 Å². The van der Waals surface area contributed by atoms with E-state index in [1.165, 1.54) is 29.2 Å². The van der Waals surface area contributed by atoms with Gasteiger partial charge in [-0.2, -0.15) is 0 Å². The molecule has 0 saturated carbocycles. The first kappa shape index (κ1) is 81.8. The molecule has 1 aromatic rings. The lowest BCUT2D eigenvalue weighted by molar-refractivity contribution is -0.143. The first-order chi connectivity index (χ1) is 45.7. The number of phenolic OH excluding ortho intramolecular Hbond substituents is 1. The van der Waals surface area contributed by atoms with Gasteiger partial charge >= 0.3 is 0 Å². The summed E-state index contributed by atoms with van der Waals surface area (Å²) in [5, 5.41) is 48.1. The minimum atomic E-state index is -1.92. The number of aliphatic hydroxyl groups excluding tert-OH is 1. The van der Waals surface area contributed by atoms with Crippen molar-refractivity contribution in [3.63, 3.8) is 0 Å². The fourth-order valence-corrected chi connectivity index (χ4v) is 11.1. The summed E-state index contributed by atoms with van der Waals surface area (Å²) in [6.45, 7) is 6.66. The second kappa shape index (κ2) is 41.5. The second-order valence-corrected chi connectivity index (χ2v) is 25.5. The molecule has 36 nitrogen and oxygen atoms in total. The van der Waals surface area contributed by atoms with Crippen molar-refractivity contribution in [1.82, 2.24) is 63.4 Å². The largest absolute Gasteiger partial charge is 0.508 e. The number of carbonyl (C=O) groups is 15. The second-order valence-electron chi connectivity index (χ2n) is 24.5. The number of guanidine groups is 1. The van der Waals surface area contributed by atoms with E-state index in [0.717, 1.165) is 18.7 Å². The number of aliphatic hydroxyl groups is 1. The number of hydrogen-bond acceptors (Lipinski definition) is 20. The number of primary amides is 3. The predicted octanol–water partition coefficient (Wildman–Crippen LogP) is -7.45. The molecule has 0 aromatic heterocycles. The van der Waals surface area contributed by atoms with Crippen molar-refractivity contribution < 1.29 is 82.1 Å². The van der Waals surface area contributed by atoms with Gasteiger partial charge in [0.1, 0.15) is 66.2 Å². The summed E-state index contributed by atoms with van der Waals surface area (Å²) in [5.41, 5.74) is 33.8. The summed E-state index contributed by atoms with van der Waals surface area (Å²) in [6, 6.07) is -9.52. The van der Waals surface area contributed by atoms with Gasteiger partial charge in [0.15, 0.2) is 5.96 Å². The lowest BCUT2D eigenvalue weighted by Crippen LogP contribution is -2.62. The van der Waals surface area contributed by atoms with Crippen LogP contribution >= 0.6 is 11.8 Å². The highest BCUT2D eigenvalue weighted by Crippen LogP contribution is 2.22. The highest BCUT2D eigenvalue weighted by atomic mass is 32.2. The predicted molar refractivity (Wildman–Crippen MR) is 352 cm³/mol. The van der Waals surface area contributed by atoms with Gasteiger partial charge in [0.2, 0.25) is 88.6 Å². The Morgan fingerprint density at radius 3 is 1.67 bits per heavy atom. The van der Waals surface area contributed by atoms with E-state index in [2.05, 4.69) is 63.5 Å². The van der Waals surface area contributed by atoms with Crippen LogP contribution in [0.1, 0.15) is 117 Å². The summed E-state index contributed by atoms with van der Waals surface area (Å²) < 4.78 is 0. The molecule has 540 valence electrons. The highest BCUT2D eigenvalue weighted by Gasteiger charge is 2.42. The van der Waals surface area contributed by atoms with E-state index in [-0.39, 0.29) is 107 Å². The molecule has 0 aliphatic carbocycles. The number of carbonyl (C=O) groups excluding carboxylic acids is 15. The first-order valence-corrected chi connectivity index (χ1v) is 33.1. The lowest BCUT2D eigenvalue weighted by Gasteiger charge is -2.32. The maximum Gasteiger partial charge on any atom is 0.245 e. The molecule has 3 rings (SSSR count). The van der Waals surface area contributed by atoms with Gasteiger partial charge in [-0.05, 0) is 107 Å². The third-order valence-electron chi connectivity index (χ3n) is 15.2. The molecule has 0 spiro atoms. The van der Waals surface area contributed by atoms with E-state index in [9.17, 15) is 82.1 Å². The van der Waals surface area contributed by atoms with E-state index >= 15 is 0 Å². The van der Waals surface area contributed by atoms with E-state index in [0.29, 0.717) is 12.0 Å². The molecule has 97 heavy (non-hydrogen) atoms. The van der Waals surface area contributed by atoms with Gasteiger partial charge in [0.25, 0.3) is 0 Å². The van der Waals surface area contributed by atoms with Crippen molar-refractivity contribution in [1.29, 1.82) is 0 Å². The molecule has 1 aromatic carbocycles. The molecule has 0 unspecified atom stereocenters. The Bertz CT molecular complexity index is 2970. The molecular formula is C60H97N19O17S. The summed E-state index contributed by atoms with van der Waals surface area (Å²) in [5.74, 6) is -16.3. The van der Waals surface area contributed by atoms with Crippen LogP contribution in [0.2, 0.25) is 0 Å². The summed E-state index contributed by atoms with van der Waals surface area (Å²) >= 11 is 0.805. The van der Waals surface area contributed by atoms with E-state index in [1.807, 2.05) is 0 Å². The molecule has 0 radical (unpaired) electrons. The molecule has 0 bridgehead atoms. The zero-order valence-corrected chi connectivity index (χ0v) is 56.1. The molecule has 37 heteroatoms. The van der Waals surface area contributed by atoms with Crippen LogP contribution in [0.25, 0.3) is 0 Å². The third kappa shape index (κ3) is 30.1. The number of fused-ring (bicyclic) bond motifs is 1. The Morgan fingerprint density at radius 1 is 0.577 bits per heavy atom. The van der Waals surface area contributed by atoms with Crippen LogP contribution < -0.4 is 92.9 Å². The van der Waals surface area contributed by atoms with Crippen LogP contribution in [0.5, 0.6) is 5.75 Å². The zero-order valence-electron chi connectivity index (χ0n) is 55.2. The number of amides is 15. The number of thioether (sulfide) groups is 1. The van der Waals surface area contributed by atoms with Gasteiger partial charge < -0.3 is 108 Å². The summed E-state index contributed by atoms with van der Waals surface area (Å²) in [4.78, 5) is 210. The van der Waals surface area contributed by atoms with Gasteiger partial charge in [0, 0.05) is 31.7 Å². The quantitative estimate of drug-likeness (QED) is 0.0309. The number of rotatable bonds is 21. The lowest BCUT2D eigenvalue weighted by atomic mass is 9.99. The fraction of sp³-hybridized carbons (Fsp3) is 0.633. The molecule has 2 fully saturated rings. The maximum atomic E-state index is 14.8.